The fourth-order valence-electron chi connectivity index (χ4n) is 3.05. The van der Waals surface area contributed by atoms with E-state index in [1.807, 2.05) is 6.92 Å². The summed E-state index contributed by atoms with van der Waals surface area (Å²) >= 11 is 0. The average Bonchev–Trinajstić information content (AvgIpc) is 2.80. The Balaban J connectivity index is 2.14. The Morgan fingerprint density at radius 3 is 3.00 bits per heavy atom. The van der Waals surface area contributed by atoms with Gasteiger partial charge in [0, 0.05) is 11.3 Å². The minimum atomic E-state index is -0.0816. The maximum Gasteiger partial charge on any atom is 0.142 e. The molecule has 0 bridgehead atoms. The van der Waals surface area contributed by atoms with Gasteiger partial charge < -0.3 is 0 Å². The Kier molecular flexibility index (Phi) is 2.29. The number of rotatable bonds is 2. The second kappa shape index (κ2) is 3.22. The molecule has 1 nitrogen and oxygen atoms in total. The summed E-state index contributed by atoms with van der Waals surface area (Å²) in [5.41, 5.74) is 1.07. The van der Waals surface area contributed by atoms with Crippen LogP contribution in [-0.2, 0) is 4.79 Å². The zero-order valence-corrected chi connectivity index (χ0v) is 9.31. The first-order valence-corrected chi connectivity index (χ1v) is 5.72. The maximum absolute atomic E-state index is 12.2. The van der Waals surface area contributed by atoms with Crippen molar-refractivity contribution in [2.45, 2.75) is 46.0 Å². The van der Waals surface area contributed by atoms with Crippen LogP contribution in [0, 0.1) is 17.3 Å². The second-order valence-electron chi connectivity index (χ2n) is 5.55. The zero-order valence-electron chi connectivity index (χ0n) is 9.31. The van der Waals surface area contributed by atoms with Crippen LogP contribution < -0.4 is 0 Å². The minimum absolute atomic E-state index is 0.0816. The van der Waals surface area contributed by atoms with Gasteiger partial charge in [-0.1, -0.05) is 18.9 Å². The molecule has 2 aliphatic carbocycles. The van der Waals surface area contributed by atoms with Crippen LogP contribution in [0.2, 0.25) is 0 Å². The lowest BCUT2D eigenvalue weighted by molar-refractivity contribution is -0.129. The van der Waals surface area contributed by atoms with E-state index in [1.165, 1.54) is 19.3 Å². The van der Waals surface area contributed by atoms with E-state index in [4.69, 9.17) is 0 Å². The Hall–Kier alpha value is -0.590. The summed E-state index contributed by atoms with van der Waals surface area (Å²) in [6.45, 7) is 8.12. The van der Waals surface area contributed by atoms with Gasteiger partial charge in [-0.25, -0.2) is 0 Å². The van der Waals surface area contributed by atoms with Crippen molar-refractivity contribution in [2.24, 2.45) is 17.3 Å². The van der Waals surface area contributed by atoms with Crippen molar-refractivity contribution < 1.29 is 4.79 Å². The number of hydrogen-bond donors (Lipinski definition) is 0. The molecule has 0 saturated heterocycles. The molecule has 2 saturated carbocycles. The Labute approximate surface area is 86.6 Å². The molecular formula is C13H20O. The van der Waals surface area contributed by atoms with Gasteiger partial charge in [0.15, 0.2) is 0 Å². The van der Waals surface area contributed by atoms with Crippen LogP contribution in [0.4, 0.5) is 0 Å². The summed E-state index contributed by atoms with van der Waals surface area (Å²) in [4.78, 5) is 12.2. The second-order valence-corrected chi connectivity index (χ2v) is 5.55. The number of fused-ring (bicyclic) bond motifs is 1. The van der Waals surface area contributed by atoms with Gasteiger partial charge in [0.25, 0.3) is 0 Å². The topological polar surface area (TPSA) is 17.1 Å². The molecule has 2 rings (SSSR count). The molecule has 0 unspecified atom stereocenters. The molecule has 2 aliphatic rings. The molecule has 0 heterocycles. The Morgan fingerprint density at radius 2 is 2.36 bits per heavy atom. The zero-order chi connectivity index (χ0) is 10.3. The van der Waals surface area contributed by atoms with Gasteiger partial charge in [-0.2, -0.15) is 0 Å². The van der Waals surface area contributed by atoms with Crippen LogP contribution in [0.1, 0.15) is 46.0 Å². The first kappa shape index (κ1) is 9.95. The van der Waals surface area contributed by atoms with Crippen LogP contribution >= 0.6 is 0 Å². The summed E-state index contributed by atoms with van der Waals surface area (Å²) in [5.74, 6) is 1.69. The van der Waals surface area contributed by atoms with Crippen molar-refractivity contribution in [3.05, 3.63) is 12.2 Å². The van der Waals surface area contributed by atoms with Crippen LogP contribution in [0.5, 0.6) is 0 Å². The highest BCUT2D eigenvalue weighted by molar-refractivity contribution is 5.89. The van der Waals surface area contributed by atoms with Crippen molar-refractivity contribution in [2.75, 3.05) is 0 Å². The predicted octanol–water partition coefficient (Wildman–Crippen LogP) is 3.35. The first-order valence-electron chi connectivity index (χ1n) is 5.72. The van der Waals surface area contributed by atoms with Crippen LogP contribution in [-0.4, -0.2) is 5.78 Å². The highest BCUT2D eigenvalue weighted by Gasteiger charge is 2.50. The van der Waals surface area contributed by atoms with Gasteiger partial charge in [0.1, 0.15) is 5.78 Å². The predicted molar refractivity (Wildman–Crippen MR) is 58.0 cm³/mol. The summed E-state index contributed by atoms with van der Waals surface area (Å²) in [7, 11) is 0. The molecule has 0 spiro atoms. The molecule has 0 amide bonds. The highest BCUT2D eigenvalue weighted by Crippen LogP contribution is 2.52. The third kappa shape index (κ3) is 1.65. The molecule has 3 atom stereocenters. The fraction of sp³-hybridized carbons (Fsp3) is 0.769. The number of allylic oxidation sites excluding steroid dienone is 1. The number of hydrogen-bond acceptors (Lipinski definition) is 1. The van der Waals surface area contributed by atoms with E-state index in [0.29, 0.717) is 11.7 Å². The fourth-order valence-corrected chi connectivity index (χ4v) is 3.05. The molecule has 0 aromatic heterocycles. The van der Waals surface area contributed by atoms with Crippen molar-refractivity contribution in [3.63, 3.8) is 0 Å². The molecule has 1 heteroatoms. The van der Waals surface area contributed by atoms with Crippen molar-refractivity contribution >= 4 is 5.78 Å². The SMILES string of the molecule is C=C(C)C[C@]1(C)CCC[C@@H]2C[C@@H]2C1=O. The molecule has 14 heavy (non-hydrogen) atoms. The lowest BCUT2D eigenvalue weighted by Gasteiger charge is -2.27. The van der Waals surface area contributed by atoms with Gasteiger partial charge in [0.05, 0.1) is 0 Å². The largest absolute Gasteiger partial charge is 0.299 e. The average molecular weight is 192 g/mol. The smallest absolute Gasteiger partial charge is 0.142 e. The van der Waals surface area contributed by atoms with Crippen LogP contribution in [0.3, 0.4) is 0 Å². The van der Waals surface area contributed by atoms with E-state index in [0.717, 1.165) is 24.3 Å². The molecule has 0 aromatic rings. The molecule has 0 radical (unpaired) electrons. The van der Waals surface area contributed by atoms with E-state index in [1.54, 1.807) is 0 Å². The molecular weight excluding hydrogens is 172 g/mol. The van der Waals surface area contributed by atoms with Crippen molar-refractivity contribution in [1.82, 2.24) is 0 Å². The molecule has 0 aliphatic heterocycles. The van der Waals surface area contributed by atoms with Crippen molar-refractivity contribution in [1.29, 1.82) is 0 Å². The third-order valence-corrected chi connectivity index (χ3v) is 3.85. The number of Topliss-reactive ketones (excluding diaryl/α,β-unsaturated/α-hetero) is 1. The molecule has 2 fully saturated rings. The van der Waals surface area contributed by atoms with Gasteiger partial charge >= 0.3 is 0 Å². The monoisotopic (exact) mass is 192 g/mol. The molecule has 0 N–H and O–H groups in total. The van der Waals surface area contributed by atoms with Gasteiger partial charge in [-0.15, -0.1) is 6.58 Å². The van der Waals surface area contributed by atoms with Gasteiger partial charge in [-0.05, 0) is 38.5 Å². The number of ketones is 1. The lowest BCUT2D eigenvalue weighted by Crippen LogP contribution is -2.28. The minimum Gasteiger partial charge on any atom is -0.299 e. The summed E-state index contributed by atoms with van der Waals surface area (Å²) in [6, 6.07) is 0. The van der Waals surface area contributed by atoms with E-state index in [2.05, 4.69) is 13.5 Å². The standard InChI is InChI=1S/C13H20O/c1-9(2)8-13(3)6-4-5-10-7-11(10)12(13)14/h10-11H,1,4-8H2,2-3H3/t10-,11+,13+/m1/s1. The maximum atomic E-state index is 12.2. The Bertz CT molecular complexity index is 279. The third-order valence-electron chi connectivity index (χ3n) is 3.85. The molecule has 0 aromatic carbocycles. The van der Waals surface area contributed by atoms with E-state index >= 15 is 0 Å². The highest BCUT2D eigenvalue weighted by atomic mass is 16.1. The first-order chi connectivity index (χ1) is 6.53. The number of carbonyl (C=O) groups excluding carboxylic acids is 1. The normalized spacial score (nSPS) is 41.4. The summed E-state index contributed by atoms with van der Waals surface area (Å²) in [5, 5.41) is 0. The van der Waals surface area contributed by atoms with Gasteiger partial charge in [0.2, 0.25) is 0 Å². The van der Waals surface area contributed by atoms with Crippen LogP contribution in [0.15, 0.2) is 12.2 Å². The summed E-state index contributed by atoms with van der Waals surface area (Å²) in [6.07, 6.45) is 5.66. The molecule has 78 valence electrons. The van der Waals surface area contributed by atoms with E-state index < -0.39 is 0 Å². The quantitative estimate of drug-likeness (QED) is 0.613. The van der Waals surface area contributed by atoms with Gasteiger partial charge in [-0.3, -0.25) is 4.79 Å². The van der Waals surface area contributed by atoms with Crippen molar-refractivity contribution in [3.8, 4) is 0 Å². The van der Waals surface area contributed by atoms with E-state index in [9.17, 15) is 4.79 Å². The number of carbonyl (C=O) groups is 1. The Morgan fingerprint density at radius 1 is 1.64 bits per heavy atom. The van der Waals surface area contributed by atoms with Crippen LogP contribution in [0.25, 0.3) is 0 Å². The summed E-state index contributed by atoms with van der Waals surface area (Å²) < 4.78 is 0. The van der Waals surface area contributed by atoms with E-state index in [-0.39, 0.29) is 5.41 Å². The lowest BCUT2D eigenvalue weighted by atomic mass is 9.75.